The summed E-state index contributed by atoms with van der Waals surface area (Å²) in [6.07, 6.45) is -0.920. The molecule has 8 heteroatoms. The normalized spacial score (nSPS) is 42.1. The highest BCUT2D eigenvalue weighted by molar-refractivity contribution is 7.90. The topological polar surface area (TPSA) is 72.9 Å². The molecule has 3 aliphatic heterocycles. The van der Waals surface area contributed by atoms with Crippen LogP contribution in [0.3, 0.4) is 0 Å². The first-order valence-corrected chi connectivity index (χ1v) is 8.66. The van der Waals surface area contributed by atoms with Crippen molar-refractivity contribution in [1.82, 2.24) is 4.31 Å². The summed E-state index contributed by atoms with van der Waals surface area (Å²) in [5.41, 5.74) is -0.579. The van der Waals surface area contributed by atoms with E-state index in [1.54, 1.807) is 0 Å². The number of hydrogen-bond donors (Lipinski definition) is 0. The van der Waals surface area contributed by atoms with Crippen molar-refractivity contribution in [2.45, 2.75) is 62.3 Å². The lowest BCUT2D eigenvalue weighted by Gasteiger charge is -2.36. The average molecular weight is 324 g/mol. The molecular weight excluding hydrogens is 306 g/mol. The number of hydrogen-bond acceptors (Lipinski definition) is 5. The predicted molar refractivity (Wildman–Crippen MR) is 72.0 cm³/mol. The molecule has 0 aliphatic carbocycles. The number of ether oxygens (including phenoxy) is 2. The van der Waals surface area contributed by atoms with E-state index in [-0.39, 0.29) is 12.0 Å². The summed E-state index contributed by atoms with van der Waals surface area (Å²) >= 11 is 5.47. The van der Waals surface area contributed by atoms with E-state index in [9.17, 15) is 13.2 Å². The van der Waals surface area contributed by atoms with E-state index >= 15 is 0 Å². The summed E-state index contributed by atoms with van der Waals surface area (Å²) in [5.74, 6) is -0.783. The Morgan fingerprint density at radius 2 is 2.10 bits per heavy atom. The third-order valence-corrected chi connectivity index (χ3v) is 6.95. The van der Waals surface area contributed by atoms with Crippen LogP contribution >= 0.6 is 11.6 Å². The molecule has 6 nitrogen and oxygen atoms in total. The maximum absolute atomic E-state index is 12.6. The van der Waals surface area contributed by atoms with Crippen molar-refractivity contribution in [3.05, 3.63) is 0 Å². The molecule has 5 unspecified atom stereocenters. The van der Waals surface area contributed by atoms with E-state index in [1.165, 1.54) is 4.31 Å². The Bertz CT molecular complexity index is 543. The van der Waals surface area contributed by atoms with Crippen molar-refractivity contribution in [1.29, 1.82) is 0 Å². The van der Waals surface area contributed by atoms with E-state index in [1.807, 2.05) is 20.8 Å². The zero-order chi connectivity index (χ0) is 14.9. The number of alkyl halides is 1. The molecule has 0 saturated carbocycles. The Balaban J connectivity index is 1.99. The second kappa shape index (κ2) is 4.32. The van der Waals surface area contributed by atoms with Crippen LogP contribution in [0.25, 0.3) is 0 Å². The van der Waals surface area contributed by atoms with Crippen molar-refractivity contribution in [2.24, 2.45) is 0 Å². The number of carbonyl (C=O) groups excluding carboxylic acids is 1. The number of esters is 1. The van der Waals surface area contributed by atoms with Crippen LogP contribution in [0.5, 0.6) is 0 Å². The molecule has 5 atom stereocenters. The molecule has 3 heterocycles. The summed E-state index contributed by atoms with van der Waals surface area (Å²) in [4.78, 5) is 11.5. The van der Waals surface area contributed by atoms with Crippen molar-refractivity contribution < 1.29 is 22.7 Å². The van der Waals surface area contributed by atoms with Gasteiger partial charge in [-0.05, 0) is 27.2 Å². The van der Waals surface area contributed by atoms with Gasteiger partial charge in [-0.15, -0.1) is 11.6 Å². The fourth-order valence-electron chi connectivity index (χ4n) is 3.66. The Morgan fingerprint density at radius 3 is 2.65 bits per heavy atom. The largest absolute Gasteiger partial charge is 0.457 e. The molecule has 0 spiro atoms. The molecule has 3 fully saturated rings. The zero-order valence-electron chi connectivity index (χ0n) is 11.6. The molecule has 114 valence electrons. The van der Waals surface area contributed by atoms with E-state index in [0.29, 0.717) is 6.42 Å². The van der Waals surface area contributed by atoms with Gasteiger partial charge in [0.25, 0.3) is 0 Å². The van der Waals surface area contributed by atoms with Crippen LogP contribution in [0.15, 0.2) is 0 Å². The molecule has 0 aromatic rings. The molecule has 0 radical (unpaired) electrons. The molecule has 20 heavy (non-hydrogen) atoms. The molecule has 0 amide bonds. The van der Waals surface area contributed by atoms with Crippen LogP contribution in [-0.2, 0) is 24.3 Å². The first-order chi connectivity index (χ1) is 9.17. The van der Waals surface area contributed by atoms with Crippen molar-refractivity contribution in [3.8, 4) is 0 Å². The van der Waals surface area contributed by atoms with Gasteiger partial charge in [-0.25, -0.2) is 8.42 Å². The van der Waals surface area contributed by atoms with Crippen LogP contribution in [0.1, 0.15) is 27.2 Å². The third-order valence-electron chi connectivity index (χ3n) is 4.17. The summed E-state index contributed by atoms with van der Waals surface area (Å²) in [6, 6.07) is -0.434. The lowest BCUT2D eigenvalue weighted by Crippen LogP contribution is -2.53. The summed E-state index contributed by atoms with van der Waals surface area (Å²) in [5, 5.41) is -0.511. The van der Waals surface area contributed by atoms with Crippen molar-refractivity contribution in [2.75, 3.05) is 5.88 Å². The van der Waals surface area contributed by atoms with Gasteiger partial charge in [-0.1, -0.05) is 0 Å². The van der Waals surface area contributed by atoms with Gasteiger partial charge in [-0.3, -0.25) is 4.79 Å². The third kappa shape index (κ3) is 1.83. The Kier molecular flexibility index (Phi) is 3.14. The number of sulfonamides is 1. The SMILES string of the molecule is CC(C)(C)N1C2C(OC(=O)CCl)C3CC(C2O3)S1(=O)=O. The molecule has 0 aromatic carbocycles. The minimum absolute atomic E-state index is 0.244. The molecular formula is C12H18ClNO5S. The highest BCUT2D eigenvalue weighted by atomic mass is 35.5. The van der Waals surface area contributed by atoms with E-state index < -0.39 is 45.0 Å². The predicted octanol–water partition coefficient (Wildman–Crippen LogP) is 0.489. The Labute approximate surface area is 123 Å². The monoisotopic (exact) mass is 323 g/mol. The number of rotatable bonds is 2. The molecule has 3 aliphatic rings. The van der Waals surface area contributed by atoms with Gasteiger partial charge in [0.2, 0.25) is 10.0 Å². The fourth-order valence-corrected chi connectivity index (χ4v) is 6.35. The molecule has 3 saturated heterocycles. The lowest BCUT2D eigenvalue weighted by atomic mass is 9.90. The summed E-state index contributed by atoms with van der Waals surface area (Å²) in [6.45, 7) is 5.51. The van der Waals surface area contributed by atoms with Gasteiger partial charge < -0.3 is 9.47 Å². The number of nitrogens with zero attached hydrogens (tertiary/aromatic N) is 1. The van der Waals surface area contributed by atoms with E-state index in [0.717, 1.165) is 0 Å². The first kappa shape index (κ1) is 14.6. The highest BCUT2D eigenvalue weighted by Gasteiger charge is 2.70. The first-order valence-electron chi connectivity index (χ1n) is 6.62. The van der Waals surface area contributed by atoms with Gasteiger partial charge in [0.15, 0.2) is 0 Å². The van der Waals surface area contributed by atoms with Gasteiger partial charge in [-0.2, -0.15) is 4.31 Å². The van der Waals surface area contributed by atoms with Gasteiger partial charge in [0.05, 0.1) is 18.2 Å². The lowest BCUT2D eigenvalue weighted by molar-refractivity contribution is -0.150. The van der Waals surface area contributed by atoms with Gasteiger partial charge >= 0.3 is 5.97 Å². The molecule has 3 rings (SSSR count). The summed E-state index contributed by atoms with van der Waals surface area (Å²) < 4.78 is 37.8. The quantitative estimate of drug-likeness (QED) is 0.546. The van der Waals surface area contributed by atoms with Crippen molar-refractivity contribution >= 4 is 27.6 Å². The van der Waals surface area contributed by atoms with E-state index in [2.05, 4.69) is 0 Å². The smallest absolute Gasteiger partial charge is 0.321 e. The maximum Gasteiger partial charge on any atom is 0.321 e. The zero-order valence-corrected chi connectivity index (χ0v) is 13.1. The maximum atomic E-state index is 12.6. The van der Waals surface area contributed by atoms with Crippen LogP contribution in [0, 0.1) is 0 Å². The number of halogens is 1. The van der Waals surface area contributed by atoms with E-state index in [4.69, 9.17) is 21.1 Å². The van der Waals surface area contributed by atoms with Crippen LogP contribution in [0.4, 0.5) is 0 Å². The van der Waals surface area contributed by atoms with Gasteiger partial charge in [0, 0.05) is 5.54 Å². The second-order valence-electron chi connectivity index (χ2n) is 6.50. The standard InChI is InChI=1S/C12H18ClNO5S/c1-12(2,3)14-9-10(19-8(15)5-13)6-4-7(11(9)18-6)20(14,16)17/h6-7,9-11H,4-5H2,1-3H3. The van der Waals surface area contributed by atoms with Gasteiger partial charge in [0.1, 0.15) is 17.2 Å². The average Bonchev–Trinajstić information content (AvgIpc) is 2.90. The molecule has 0 N–H and O–H groups in total. The summed E-state index contributed by atoms with van der Waals surface area (Å²) in [7, 11) is -3.42. The number of carbonyl (C=O) groups is 1. The number of fused-ring (bicyclic) bond motifs is 1. The molecule has 0 aromatic heterocycles. The highest BCUT2D eigenvalue weighted by Crippen LogP contribution is 2.51. The Hall–Kier alpha value is -0.370. The Morgan fingerprint density at radius 1 is 1.45 bits per heavy atom. The minimum Gasteiger partial charge on any atom is -0.457 e. The van der Waals surface area contributed by atoms with Crippen LogP contribution < -0.4 is 0 Å². The second-order valence-corrected chi connectivity index (χ2v) is 8.80. The van der Waals surface area contributed by atoms with Crippen LogP contribution in [0.2, 0.25) is 0 Å². The van der Waals surface area contributed by atoms with Crippen LogP contribution in [-0.4, -0.2) is 59.7 Å². The fraction of sp³-hybridized carbons (Fsp3) is 0.917. The van der Waals surface area contributed by atoms with Crippen molar-refractivity contribution in [3.63, 3.8) is 0 Å². The minimum atomic E-state index is -3.42. The molecule has 2 bridgehead atoms.